The van der Waals surface area contributed by atoms with Crippen LogP contribution in [0.2, 0.25) is 0 Å². The SMILES string of the molecule is C=C(C)c1ccccc1OP(Oc1c(C)cc(C)cc1-c1cc(C)cc(C)c1OP(Oc1ccccc1C(=C)C)c1ccccc1)c1ccccc1. The Morgan fingerprint density at radius 1 is 0.442 bits per heavy atom. The lowest BCUT2D eigenvalue weighted by Gasteiger charge is -2.26. The molecule has 0 aliphatic rings. The van der Waals surface area contributed by atoms with Gasteiger partial charge in [-0.2, -0.15) is 0 Å². The summed E-state index contributed by atoms with van der Waals surface area (Å²) in [7, 11) is -3.23. The molecule has 2 unspecified atom stereocenters. The summed E-state index contributed by atoms with van der Waals surface area (Å²) < 4.78 is 27.8. The average Bonchev–Trinajstić information content (AvgIpc) is 3.13. The van der Waals surface area contributed by atoms with E-state index in [4.69, 9.17) is 18.1 Å². The maximum absolute atomic E-state index is 7.09. The predicted octanol–water partition coefficient (Wildman–Crippen LogP) is 12.8. The van der Waals surface area contributed by atoms with Gasteiger partial charge in [0.25, 0.3) is 0 Å². The Morgan fingerprint density at radius 2 is 0.788 bits per heavy atom. The van der Waals surface area contributed by atoms with Crippen LogP contribution in [0.5, 0.6) is 23.0 Å². The molecule has 0 fully saturated rings. The molecule has 0 radical (unpaired) electrons. The largest absolute Gasteiger partial charge is 0.435 e. The van der Waals surface area contributed by atoms with E-state index in [-0.39, 0.29) is 0 Å². The molecular formula is C46H44O4P2. The van der Waals surface area contributed by atoms with Crippen molar-refractivity contribution in [1.29, 1.82) is 0 Å². The van der Waals surface area contributed by atoms with E-state index >= 15 is 0 Å². The first-order valence-electron chi connectivity index (χ1n) is 17.2. The minimum absolute atomic E-state index is 0.729. The van der Waals surface area contributed by atoms with Gasteiger partial charge in [-0.3, -0.25) is 0 Å². The van der Waals surface area contributed by atoms with E-state index in [2.05, 4.69) is 89.4 Å². The fourth-order valence-corrected chi connectivity index (χ4v) is 8.86. The Kier molecular flexibility index (Phi) is 11.6. The zero-order valence-electron chi connectivity index (χ0n) is 30.6. The fourth-order valence-electron chi connectivity index (χ4n) is 6.04. The number of aryl methyl sites for hydroxylation is 4. The number of para-hydroxylation sites is 2. The second-order valence-electron chi connectivity index (χ2n) is 13.0. The van der Waals surface area contributed by atoms with E-state index in [9.17, 15) is 0 Å². The minimum atomic E-state index is -1.61. The summed E-state index contributed by atoms with van der Waals surface area (Å²) in [5.41, 5.74) is 9.80. The Bertz CT molecular complexity index is 2050. The number of benzene rings is 6. The van der Waals surface area contributed by atoms with Crippen molar-refractivity contribution in [3.05, 3.63) is 180 Å². The summed E-state index contributed by atoms with van der Waals surface area (Å²) in [6, 6.07) is 44.9. The molecule has 4 nitrogen and oxygen atoms in total. The van der Waals surface area contributed by atoms with Gasteiger partial charge >= 0.3 is 16.8 Å². The first-order chi connectivity index (χ1) is 25.1. The molecule has 0 heterocycles. The van der Waals surface area contributed by atoms with E-state index in [1.54, 1.807) is 0 Å². The van der Waals surface area contributed by atoms with Crippen LogP contribution in [0.15, 0.2) is 147 Å². The Balaban J connectivity index is 1.48. The molecular weight excluding hydrogens is 678 g/mol. The van der Waals surface area contributed by atoms with Crippen LogP contribution in [0, 0.1) is 27.7 Å². The highest BCUT2D eigenvalue weighted by Gasteiger charge is 2.27. The summed E-state index contributed by atoms with van der Waals surface area (Å²) in [5.74, 6) is 2.93. The van der Waals surface area contributed by atoms with Gasteiger partial charge in [0, 0.05) is 22.3 Å². The highest BCUT2D eigenvalue weighted by molar-refractivity contribution is 7.57. The van der Waals surface area contributed by atoms with Crippen molar-refractivity contribution >= 4 is 38.5 Å². The van der Waals surface area contributed by atoms with Crippen LogP contribution < -0.4 is 28.7 Å². The van der Waals surface area contributed by atoms with Gasteiger partial charge in [0.1, 0.15) is 23.0 Å². The third-order valence-corrected chi connectivity index (χ3v) is 11.3. The third-order valence-electron chi connectivity index (χ3n) is 8.47. The standard InChI is InChI=1S/C46H44O4P2/c1-31(2)39-23-15-17-25-43(39)47-51(37-19-11-9-12-20-37)49-45-35(7)27-33(5)29-41(45)42-30-34(6)28-36(8)46(42)50-52(38-21-13-10-14-22-38)48-44-26-18-16-24-40(44)32(3)4/h9-30H,1,3H2,2,4-8H3. The topological polar surface area (TPSA) is 36.9 Å². The van der Waals surface area contributed by atoms with Crippen LogP contribution in [-0.4, -0.2) is 0 Å². The van der Waals surface area contributed by atoms with Crippen molar-refractivity contribution in [3.63, 3.8) is 0 Å². The zero-order chi connectivity index (χ0) is 36.8. The van der Waals surface area contributed by atoms with Gasteiger partial charge in [-0.15, -0.1) is 0 Å². The molecule has 0 spiro atoms. The lowest BCUT2D eigenvalue weighted by atomic mass is 9.95. The predicted molar refractivity (Wildman–Crippen MR) is 222 cm³/mol. The van der Waals surface area contributed by atoms with E-state index in [1.807, 2.05) is 98.8 Å². The van der Waals surface area contributed by atoms with E-state index in [0.29, 0.717) is 0 Å². The Labute approximate surface area is 311 Å². The molecule has 2 atom stereocenters. The maximum Gasteiger partial charge on any atom is 0.326 e. The van der Waals surface area contributed by atoms with Gasteiger partial charge < -0.3 is 18.1 Å². The monoisotopic (exact) mass is 722 g/mol. The highest BCUT2D eigenvalue weighted by atomic mass is 31.2. The molecule has 0 saturated heterocycles. The lowest BCUT2D eigenvalue weighted by molar-refractivity contribution is 0.495. The van der Waals surface area contributed by atoms with E-state index in [0.717, 1.165) is 89.3 Å². The molecule has 0 N–H and O–H groups in total. The van der Waals surface area contributed by atoms with Crippen LogP contribution in [0.25, 0.3) is 22.3 Å². The Morgan fingerprint density at radius 3 is 1.15 bits per heavy atom. The second-order valence-corrected chi connectivity index (χ2v) is 15.8. The van der Waals surface area contributed by atoms with Crippen LogP contribution in [0.1, 0.15) is 47.2 Å². The number of rotatable bonds is 13. The average molecular weight is 723 g/mol. The van der Waals surface area contributed by atoms with Crippen molar-refractivity contribution in [2.45, 2.75) is 41.5 Å². The van der Waals surface area contributed by atoms with Gasteiger partial charge in [0.05, 0.1) is 10.6 Å². The van der Waals surface area contributed by atoms with Crippen LogP contribution in [0.3, 0.4) is 0 Å². The molecule has 6 heteroatoms. The molecule has 0 aromatic heterocycles. The molecule has 6 aromatic rings. The molecule has 0 aliphatic heterocycles. The third kappa shape index (κ3) is 8.48. The quantitative estimate of drug-likeness (QED) is 0.111. The number of hydrogen-bond donors (Lipinski definition) is 0. The first-order valence-corrected chi connectivity index (χ1v) is 19.6. The van der Waals surface area contributed by atoms with Gasteiger partial charge in [-0.1, -0.05) is 98.1 Å². The molecule has 262 valence electrons. The highest BCUT2D eigenvalue weighted by Crippen LogP contribution is 2.51. The zero-order valence-corrected chi connectivity index (χ0v) is 32.4. The smallest absolute Gasteiger partial charge is 0.326 e. The summed E-state index contributed by atoms with van der Waals surface area (Å²) in [4.78, 5) is 0. The van der Waals surface area contributed by atoms with E-state index < -0.39 is 16.8 Å². The first kappa shape index (κ1) is 36.6. The van der Waals surface area contributed by atoms with E-state index in [1.165, 1.54) is 0 Å². The molecule has 0 bridgehead atoms. The van der Waals surface area contributed by atoms with Crippen molar-refractivity contribution in [3.8, 4) is 34.1 Å². The summed E-state index contributed by atoms with van der Waals surface area (Å²) in [5, 5.41) is 1.91. The molecule has 0 saturated carbocycles. The summed E-state index contributed by atoms with van der Waals surface area (Å²) in [6.07, 6.45) is 0. The van der Waals surface area contributed by atoms with Gasteiger partial charge in [-0.25, -0.2) is 0 Å². The second kappa shape index (κ2) is 16.5. The molecule has 0 amide bonds. The number of hydrogen-bond acceptors (Lipinski definition) is 4. The normalized spacial score (nSPS) is 12.0. The molecule has 6 aromatic carbocycles. The van der Waals surface area contributed by atoms with Crippen molar-refractivity contribution in [2.75, 3.05) is 0 Å². The number of allylic oxidation sites excluding steroid dienone is 2. The molecule has 6 rings (SSSR count). The van der Waals surface area contributed by atoms with Crippen molar-refractivity contribution in [2.24, 2.45) is 0 Å². The molecule has 52 heavy (non-hydrogen) atoms. The summed E-state index contributed by atoms with van der Waals surface area (Å²) in [6.45, 7) is 20.8. The van der Waals surface area contributed by atoms with Gasteiger partial charge in [0.15, 0.2) is 0 Å². The lowest BCUT2D eigenvalue weighted by Crippen LogP contribution is -2.12. The van der Waals surface area contributed by atoms with Crippen molar-refractivity contribution < 1.29 is 18.1 Å². The van der Waals surface area contributed by atoms with Crippen LogP contribution >= 0.6 is 16.8 Å². The molecule has 0 aliphatic carbocycles. The van der Waals surface area contributed by atoms with Gasteiger partial charge in [-0.05, 0) is 123 Å². The fraction of sp³-hybridized carbons (Fsp3) is 0.130. The minimum Gasteiger partial charge on any atom is -0.435 e. The van der Waals surface area contributed by atoms with Crippen LogP contribution in [-0.2, 0) is 0 Å². The van der Waals surface area contributed by atoms with Crippen molar-refractivity contribution in [1.82, 2.24) is 0 Å². The maximum atomic E-state index is 7.09. The van der Waals surface area contributed by atoms with Crippen LogP contribution in [0.4, 0.5) is 0 Å². The summed E-state index contributed by atoms with van der Waals surface area (Å²) >= 11 is 0. The Hall–Kier alpha value is -5.14. The van der Waals surface area contributed by atoms with Gasteiger partial charge in [0.2, 0.25) is 0 Å².